The van der Waals surface area contributed by atoms with Gasteiger partial charge in [0.25, 0.3) is 0 Å². The third kappa shape index (κ3) is 4.21. The van der Waals surface area contributed by atoms with Crippen LogP contribution in [0.1, 0.15) is 11.1 Å². The average molecular weight is 316 g/mol. The van der Waals surface area contributed by atoms with Crippen LogP contribution in [0.15, 0.2) is 24.3 Å². The van der Waals surface area contributed by atoms with Crippen molar-refractivity contribution in [3.8, 4) is 0 Å². The van der Waals surface area contributed by atoms with Crippen molar-refractivity contribution in [3.63, 3.8) is 0 Å². The molecule has 0 spiro atoms. The molecule has 96 valence electrons. The van der Waals surface area contributed by atoms with Gasteiger partial charge in [-0.1, -0.05) is 59.8 Å². The van der Waals surface area contributed by atoms with Crippen molar-refractivity contribution in [3.05, 3.63) is 35.4 Å². The van der Waals surface area contributed by atoms with E-state index in [0.717, 1.165) is 17.2 Å². The normalized spacial score (nSPS) is 15.6. The minimum atomic E-state index is -1.34. The van der Waals surface area contributed by atoms with Crippen LogP contribution in [0.5, 0.6) is 0 Å². The number of rotatable bonds is 5. The first-order chi connectivity index (χ1) is 7.80. The van der Waals surface area contributed by atoms with E-state index in [0.29, 0.717) is 11.9 Å². The molecule has 17 heavy (non-hydrogen) atoms. The molecule has 0 aliphatic heterocycles. The Morgan fingerprint density at radius 1 is 1.35 bits per heavy atom. The number of halogens is 1. The second-order valence-corrected chi connectivity index (χ2v) is 11.8. The molecule has 0 aliphatic carbocycles. The quantitative estimate of drug-likeness (QED) is 0.648. The molecule has 1 rings (SSSR count). The lowest BCUT2D eigenvalue weighted by Gasteiger charge is -2.32. The van der Waals surface area contributed by atoms with Crippen LogP contribution in [0.25, 0.3) is 0 Å². The van der Waals surface area contributed by atoms with Gasteiger partial charge in [0.1, 0.15) is 0 Å². The molecular weight excluding hydrogens is 294 g/mol. The van der Waals surface area contributed by atoms with Crippen molar-refractivity contribution in [2.45, 2.75) is 37.8 Å². The maximum absolute atomic E-state index is 10.8. The molecular formula is C13H22BrNOSi. The SMILES string of the molecule is C[Si](C)(C)CC(O)(CBr)c1cccc(CN)c1. The van der Waals surface area contributed by atoms with Crippen LogP contribution >= 0.6 is 15.9 Å². The third-order valence-corrected chi connectivity index (χ3v) is 5.32. The number of hydrogen-bond acceptors (Lipinski definition) is 2. The van der Waals surface area contributed by atoms with Gasteiger partial charge in [0, 0.05) is 19.9 Å². The molecule has 0 saturated carbocycles. The van der Waals surface area contributed by atoms with Crippen molar-refractivity contribution in [2.24, 2.45) is 5.73 Å². The molecule has 1 unspecified atom stereocenters. The van der Waals surface area contributed by atoms with Crippen LogP contribution < -0.4 is 5.73 Å². The van der Waals surface area contributed by atoms with E-state index in [1.54, 1.807) is 0 Å². The maximum atomic E-state index is 10.8. The van der Waals surface area contributed by atoms with E-state index in [9.17, 15) is 5.11 Å². The molecule has 0 fully saturated rings. The zero-order valence-electron chi connectivity index (χ0n) is 10.8. The first-order valence-electron chi connectivity index (χ1n) is 5.88. The molecule has 2 nitrogen and oxygen atoms in total. The first kappa shape index (κ1) is 14.9. The largest absolute Gasteiger partial charge is 0.385 e. The summed E-state index contributed by atoms with van der Waals surface area (Å²) in [7, 11) is -1.34. The lowest BCUT2D eigenvalue weighted by molar-refractivity contribution is 0.0836. The van der Waals surface area contributed by atoms with Gasteiger partial charge in [-0.2, -0.15) is 0 Å². The highest BCUT2D eigenvalue weighted by atomic mass is 79.9. The molecule has 1 aromatic rings. The Morgan fingerprint density at radius 3 is 2.47 bits per heavy atom. The van der Waals surface area contributed by atoms with Crippen molar-refractivity contribution in [1.82, 2.24) is 0 Å². The standard InChI is InChI=1S/C13H22BrNOSi/c1-17(2,3)10-13(16,9-14)12-6-4-5-11(7-12)8-15/h4-7,16H,8-10,15H2,1-3H3. The van der Waals surface area contributed by atoms with E-state index < -0.39 is 13.7 Å². The van der Waals surface area contributed by atoms with Gasteiger partial charge in [-0.25, -0.2) is 0 Å². The van der Waals surface area contributed by atoms with Gasteiger partial charge in [0.15, 0.2) is 0 Å². The lowest BCUT2D eigenvalue weighted by atomic mass is 9.96. The smallest absolute Gasteiger partial charge is 0.0969 e. The van der Waals surface area contributed by atoms with E-state index in [2.05, 4.69) is 35.6 Å². The summed E-state index contributed by atoms with van der Waals surface area (Å²) in [4.78, 5) is 0. The fourth-order valence-corrected chi connectivity index (χ4v) is 5.06. The molecule has 0 aromatic heterocycles. The highest BCUT2D eigenvalue weighted by Crippen LogP contribution is 2.33. The van der Waals surface area contributed by atoms with E-state index >= 15 is 0 Å². The van der Waals surface area contributed by atoms with Gasteiger partial charge in [0.05, 0.1) is 5.60 Å². The summed E-state index contributed by atoms with van der Waals surface area (Å²) in [5.74, 6) is 0. The molecule has 4 heteroatoms. The summed E-state index contributed by atoms with van der Waals surface area (Å²) in [6.07, 6.45) is 0. The highest BCUT2D eigenvalue weighted by molar-refractivity contribution is 9.09. The molecule has 0 bridgehead atoms. The van der Waals surface area contributed by atoms with Gasteiger partial charge >= 0.3 is 0 Å². The average Bonchev–Trinajstić information content (AvgIpc) is 2.27. The van der Waals surface area contributed by atoms with Crippen molar-refractivity contribution >= 4 is 24.0 Å². The molecule has 0 heterocycles. The predicted octanol–water partition coefficient (Wildman–Crippen LogP) is 3.07. The Morgan fingerprint density at radius 2 is 2.00 bits per heavy atom. The number of nitrogens with two attached hydrogens (primary N) is 1. The van der Waals surface area contributed by atoms with Crippen molar-refractivity contribution in [2.75, 3.05) is 5.33 Å². The minimum absolute atomic E-state index is 0.513. The molecule has 1 atom stereocenters. The summed E-state index contributed by atoms with van der Waals surface area (Å²) >= 11 is 3.45. The third-order valence-electron chi connectivity index (χ3n) is 2.74. The number of benzene rings is 1. The van der Waals surface area contributed by atoms with Gasteiger partial charge in [0.2, 0.25) is 0 Å². The molecule has 0 aliphatic rings. The van der Waals surface area contributed by atoms with E-state index in [1.165, 1.54) is 0 Å². The summed E-state index contributed by atoms with van der Waals surface area (Å²) < 4.78 is 0. The fourth-order valence-electron chi connectivity index (χ4n) is 2.09. The van der Waals surface area contributed by atoms with E-state index in [4.69, 9.17) is 5.73 Å². The van der Waals surface area contributed by atoms with Gasteiger partial charge in [-0.15, -0.1) is 0 Å². The Hall–Kier alpha value is -0.163. The monoisotopic (exact) mass is 315 g/mol. The molecule has 0 amide bonds. The first-order valence-corrected chi connectivity index (χ1v) is 10.7. The minimum Gasteiger partial charge on any atom is -0.385 e. The second kappa shape index (κ2) is 5.65. The Balaban J connectivity index is 3.06. The van der Waals surface area contributed by atoms with E-state index in [-0.39, 0.29) is 0 Å². The van der Waals surface area contributed by atoms with Crippen LogP contribution in [0.4, 0.5) is 0 Å². The summed E-state index contributed by atoms with van der Waals surface area (Å²) in [6, 6.07) is 8.81. The van der Waals surface area contributed by atoms with Gasteiger partial charge in [-0.05, 0) is 17.2 Å². The lowest BCUT2D eigenvalue weighted by Crippen LogP contribution is -2.37. The number of hydrogen-bond donors (Lipinski definition) is 2. The molecule has 3 N–H and O–H groups in total. The maximum Gasteiger partial charge on any atom is 0.0969 e. The zero-order chi connectivity index (χ0) is 13.1. The predicted molar refractivity (Wildman–Crippen MR) is 80.2 cm³/mol. The summed E-state index contributed by atoms with van der Waals surface area (Å²) in [5, 5.41) is 11.4. The molecule has 1 aromatic carbocycles. The molecule has 0 saturated heterocycles. The van der Waals surface area contributed by atoms with Crippen molar-refractivity contribution in [1.29, 1.82) is 0 Å². The number of aliphatic hydroxyl groups is 1. The number of alkyl halides is 1. The topological polar surface area (TPSA) is 46.2 Å². The van der Waals surface area contributed by atoms with Crippen LogP contribution in [0.3, 0.4) is 0 Å². The van der Waals surface area contributed by atoms with Gasteiger partial charge < -0.3 is 10.8 Å². The van der Waals surface area contributed by atoms with Crippen LogP contribution in [0.2, 0.25) is 25.7 Å². The van der Waals surface area contributed by atoms with Crippen LogP contribution in [0, 0.1) is 0 Å². The fraction of sp³-hybridized carbons (Fsp3) is 0.538. The van der Waals surface area contributed by atoms with E-state index in [1.807, 2.05) is 24.3 Å². The highest BCUT2D eigenvalue weighted by Gasteiger charge is 2.34. The Labute approximate surface area is 113 Å². The zero-order valence-corrected chi connectivity index (χ0v) is 13.4. The summed E-state index contributed by atoms with van der Waals surface area (Å²) in [5.41, 5.74) is 6.92. The van der Waals surface area contributed by atoms with Gasteiger partial charge in [-0.3, -0.25) is 0 Å². The Bertz CT molecular complexity index is 378. The Kier molecular flexibility index (Phi) is 4.95. The summed E-state index contributed by atoms with van der Waals surface area (Å²) in [6.45, 7) is 7.33. The molecule has 0 radical (unpaired) electrons. The second-order valence-electron chi connectivity index (χ2n) is 5.81. The van der Waals surface area contributed by atoms with Crippen LogP contribution in [-0.4, -0.2) is 18.5 Å². The van der Waals surface area contributed by atoms with Crippen molar-refractivity contribution < 1.29 is 5.11 Å². The van der Waals surface area contributed by atoms with Crippen LogP contribution in [-0.2, 0) is 12.1 Å².